The van der Waals surface area contributed by atoms with Crippen molar-refractivity contribution in [2.45, 2.75) is 6.42 Å². The SMILES string of the molecule is CN1C(=O)[C@H]2C[C@H]2C1=O. The number of nitrogens with zero attached hydrogens (tertiary/aromatic N) is 1. The minimum atomic E-state index is 0.0185. The van der Waals surface area contributed by atoms with Gasteiger partial charge < -0.3 is 0 Å². The molecule has 2 amide bonds. The summed E-state index contributed by atoms with van der Waals surface area (Å²) < 4.78 is 0. The van der Waals surface area contributed by atoms with Gasteiger partial charge in [-0.2, -0.15) is 0 Å². The van der Waals surface area contributed by atoms with Crippen LogP contribution in [-0.2, 0) is 9.59 Å². The zero-order valence-corrected chi connectivity index (χ0v) is 5.13. The normalized spacial score (nSPS) is 39.4. The predicted molar refractivity (Wildman–Crippen MR) is 29.4 cm³/mol. The number of hydrogen-bond donors (Lipinski definition) is 0. The van der Waals surface area contributed by atoms with E-state index in [1.54, 1.807) is 7.05 Å². The molecule has 2 rings (SSSR count). The Morgan fingerprint density at radius 2 is 1.78 bits per heavy atom. The van der Waals surface area contributed by atoms with Gasteiger partial charge in [0, 0.05) is 7.05 Å². The second-order valence-corrected chi connectivity index (χ2v) is 2.68. The average Bonchev–Trinajstić information content (AvgIpc) is 2.56. The molecule has 2 atom stereocenters. The summed E-state index contributed by atoms with van der Waals surface area (Å²) in [5.74, 6) is 0.181. The predicted octanol–water partition coefficient (Wildman–Crippen LogP) is -0.379. The molecule has 1 aliphatic carbocycles. The van der Waals surface area contributed by atoms with Gasteiger partial charge in [0.25, 0.3) is 0 Å². The highest BCUT2D eigenvalue weighted by atomic mass is 16.2. The van der Waals surface area contributed by atoms with E-state index in [0.29, 0.717) is 0 Å². The van der Waals surface area contributed by atoms with Crippen LogP contribution in [-0.4, -0.2) is 23.8 Å². The molecule has 0 aromatic carbocycles. The molecular weight excluding hydrogens is 118 g/mol. The lowest BCUT2D eigenvalue weighted by Gasteiger charge is -2.06. The van der Waals surface area contributed by atoms with Gasteiger partial charge in [-0.15, -0.1) is 0 Å². The van der Waals surface area contributed by atoms with Crippen LogP contribution in [0.4, 0.5) is 0 Å². The van der Waals surface area contributed by atoms with Gasteiger partial charge in [0.05, 0.1) is 11.8 Å². The maximum absolute atomic E-state index is 10.9. The number of likely N-dealkylation sites (tertiary alicyclic amines) is 1. The summed E-state index contributed by atoms with van der Waals surface area (Å²) >= 11 is 0. The van der Waals surface area contributed by atoms with E-state index in [9.17, 15) is 9.59 Å². The van der Waals surface area contributed by atoms with Crippen LogP contribution in [0.25, 0.3) is 0 Å². The number of carbonyl (C=O) groups is 2. The van der Waals surface area contributed by atoms with Crippen molar-refractivity contribution >= 4 is 11.8 Å². The molecule has 0 unspecified atom stereocenters. The van der Waals surface area contributed by atoms with E-state index in [-0.39, 0.29) is 23.7 Å². The summed E-state index contributed by atoms with van der Waals surface area (Å²) in [5.41, 5.74) is 0. The maximum Gasteiger partial charge on any atom is 0.232 e. The van der Waals surface area contributed by atoms with Gasteiger partial charge in [-0.1, -0.05) is 0 Å². The first-order valence-corrected chi connectivity index (χ1v) is 3.03. The van der Waals surface area contributed by atoms with Crippen molar-refractivity contribution in [3.8, 4) is 0 Å². The lowest BCUT2D eigenvalue weighted by molar-refractivity contribution is -0.139. The Morgan fingerprint density at radius 3 is 2.00 bits per heavy atom. The largest absolute Gasteiger partial charge is 0.285 e. The van der Waals surface area contributed by atoms with Crippen LogP contribution in [0.15, 0.2) is 0 Å². The number of hydrogen-bond acceptors (Lipinski definition) is 2. The molecule has 9 heavy (non-hydrogen) atoms. The number of fused-ring (bicyclic) bond motifs is 1. The summed E-state index contributed by atoms with van der Waals surface area (Å²) in [5, 5.41) is 0. The minimum absolute atomic E-state index is 0.0185. The first kappa shape index (κ1) is 4.97. The van der Waals surface area contributed by atoms with Gasteiger partial charge in [0.15, 0.2) is 0 Å². The number of rotatable bonds is 0. The van der Waals surface area contributed by atoms with Crippen molar-refractivity contribution in [2.24, 2.45) is 11.8 Å². The van der Waals surface area contributed by atoms with Gasteiger partial charge in [-0.3, -0.25) is 14.5 Å². The minimum Gasteiger partial charge on any atom is -0.285 e. The molecule has 0 aromatic rings. The highest BCUT2D eigenvalue weighted by Gasteiger charge is 2.57. The first-order valence-electron chi connectivity index (χ1n) is 3.03. The third-order valence-electron chi connectivity index (χ3n) is 2.09. The zero-order valence-electron chi connectivity index (χ0n) is 5.13. The highest BCUT2D eigenvalue weighted by Crippen LogP contribution is 2.46. The van der Waals surface area contributed by atoms with Gasteiger partial charge in [0.2, 0.25) is 11.8 Å². The first-order chi connectivity index (χ1) is 4.22. The van der Waals surface area contributed by atoms with Crippen molar-refractivity contribution in [3.05, 3.63) is 0 Å². The molecular formula is C6H7NO2. The van der Waals surface area contributed by atoms with Gasteiger partial charge >= 0.3 is 0 Å². The number of amides is 2. The van der Waals surface area contributed by atoms with Gasteiger partial charge in [0.1, 0.15) is 0 Å². The second-order valence-electron chi connectivity index (χ2n) is 2.68. The Labute approximate surface area is 52.6 Å². The highest BCUT2D eigenvalue weighted by molar-refractivity contribution is 6.08. The standard InChI is InChI=1S/C6H7NO2/c1-7-5(8)3-2-4(3)6(7)9/h3-4H,2H2,1H3/t3-,4+. The molecule has 0 spiro atoms. The van der Waals surface area contributed by atoms with Crippen molar-refractivity contribution in [3.63, 3.8) is 0 Å². The zero-order chi connectivity index (χ0) is 6.59. The van der Waals surface area contributed by atoms with E-state index >= 15 is 0 Å². The van der Waals surface area contributed by atoms with Crippen LogP contribution in [0.5, 0.6) is 0 Å². The molecule has 2 fully saturated rings. The van der Waals surface area contributed by atoms with Crippen LogP contribution >= 0.6 is 0 Å². The molecule has 3 heteroatoms. The fraction of sp³-hybridized carbons (Fsp3) is 0.667. The summed E-state index contributed by atoms with van der Waals surface area (Å²) in [6.07, 6.45) is 0.808. The summed E-state index contributed by atoms with van der Waals surface area (Å²) in [6, 6.07) is 0. The van der Waals surface area contributed by atoms with E-state index in [1.807, 2.05) is 0 Å². The quantitative estimate of drug-likeness (QED) is 0.414. The van der Waals surface area contributed by atoms with Crippen molar-refractivity contribution in [2.75, 3.05) is 7.05 Å². The van der Waals surface area contributed by atoms with Crippen LogP contribution in [0, 0.1) is 11.8 Å². The third kappa shape index (κ3) is 0.422. The number of imide groups is 1. The van der Waals surface area contributed by atoms with Crippen LogP contribution in [0.2, 0.25) is 0 Å². The Hall–Kier alpha value is -0.860. The second kappa shape index (κ2) is 1.17. The fourth-order valence-corrected chi connectivity index (χ4v) is 1.35. The van der Waals surface area contributed by atoms with Crippen molar-refractivity contribution in [1.29, 1.82) is 0 Å². The fourth-order valence-electron chi connectivity index (χ4n) is 1.35. The maximum atomic E-state index is 10.9. The molecule has 0 bridgehead atoms. The molecule has 2 aliphatic rings. The summed E-state index contributed by atoms with van der Waals surface area (Å²) in [7, 11) is 1.55. The van der Waals surface area contributed by atoms with E-state index in [2.05, 4.69) is 0 Å². The smallest absolute Gasteiger partial charge is 0.232 e. The molecule has 0 aromatic heterocycles. The Morgan fingerprint density at radius 1 is 1.33 bits per heavy atom. The summed E-state index contributed by atoms with van der Waals surface area (Å²) in [4.78, 5) is 23.0. The van der Waals surface area contributed by atoms with Gasteiger partial charge in [-0.25, -0.2) is 0 Å². The Bertz CT molecular complexity index is 179. The summed E-state index contributed by atoms with van der Waals surface area (Å²) in [6.45, 7) is 0. The van der Waals surface area contributed by atoms with Crippen molar-refractivity contribution < 1.29 is 9.59 Å². The molecule has 1 heterocycles. The Kier molecular flexibility index (Phi) is 0.648. The van der Waals surface area contributed by atoms with E-state index < -0.39 is 0 Å². The molecule has 48 valence electrons. The van der Waals surface area contributed by atoms with Crippen LogP contribution in [0.3, 0.4) is 0 Å². The topological polar surface area (TPSA) is 37.4 Å². The Balaban J connectivity index is 2.33. The lowest BCUT2D eigenvalue weighted by atomic mass is 10.4. The molecule has 1 saturated heterocycles. The number of carbonyl (C=O) groups excluding carboxylic acids is 2. The molecule has 1 saturated carbocycles. The van der Waals surface area contributed by atoms with E-state index in [0.717, 1.165) is 6.42 Å². The van der Waals surface area contributed by atoms with E-state index in [4.69, 9.17) is 0 Å². The van der Waals surface area contributed by atoms with Gasteiger partial charge in [-0.05, 0) is 6.42 Å². The molecule has 0 radical (unpaired) electrons. The molecule has 0 N–H and O–H groups in total. The third-order valence-corrected chi connectivity index (χ3v) is 2.09. The monoisotopic (exact) mass is 125 g/mol. The average molecular weight is 125 g/mol. The molecule has 3 nitrogen and oxygen atoms in total. The molecule has 1 aliphatic heterocycles. The van der Waals surface area contributed by atoms with Crippen molar-refractivity contribution in [1.82, 2.24) is 4.90 Å². The van der Waals surface area contributed by atoms with Crippen LogP contribution in [0.1, 0.15) is 6.42 Å². The lowest BCUT2D eigenvalue weighted by Crippen LogP contribution is -2.28. The van der Waals surface area contributed by atoms with E-state index in [1.165, 1.54) is 4.90 Å². The number of piperidine rings is 1. The van der Waals surface area contributed by atoms with Crippen LogP contribution < -0.4 is 0 Å².